The van der Waals surface area contributed by atoms with Crippen molar-refractivity contribution in [2.24, 2.45) is 0 Å². The van der Waals surface area contributed by atoms with Gasteiger partial charge in [0.1, 0.15) is 18.0 Å². The summed E-state index contributed by atoms with van der Waals surface area (Å²) in [6.07, 6.45) is 1.72. The number of amides is 5. The first-order valence-corrected chi connectivity index (χ1v) is 15.8. The topological polar surface area (TPSA) is 144 Å². The molecule has 242 valence electrons. The standard InChI is InChI=1S/C33H33FN8O4S/c1-2-14-40(33(46)36-16-22-6-10-24(34)11-7-22)41-19-29(44)42-26(15-21-8-12-25(13-9-21)37-20-43)31(45)39(18-28(41)42)17-23-4-3-5-27-30(23)38-32(35)47-27/h2-13,20,26,28H,1,14-19H2,(H2,35,38)(H,36,46)(H,37,43)/t26-,28+/m0/s1. The van der Waals surface area contributed by atoms with Crippen molar-refractivity contribution in [3.05, 3.63) is 102 Å². The number of nitrogens with zero attached hydrogens (tertiary/aromatic N) is 5. The van der Waals surface area contributed by atoms with Gasteiger partial charge < -0.3 is 26.2 Å². The molecule has 2 aliphatic rings. The molecular weight excluding hydrogens is 623 g/mol. The highest BCUT2D eigenvalue weighted by molar-refractivity contribution is 7.22. The fourth-order valence-electron chi connectivity index (χ4n) is 6.07. The quantitative estimate of drug-likeness (QED) is 0.166. The average molecular weight is 657 g/mol. The Morgan fingerprint density at radius 3 is 2.57 bits per heavy atom. The number of hydrazine groups is 1. The highest BCUT2D eigenvalue weighted by Gasteiger charge is 2.52. The molecule has 0 spiro atoms. The number of rotatable bonds is 11. The molecule has 0 aliphatic carbocycles. The Kier molecular flexibility index (Phi) is 9.13. The molecule has 12 nitrogen and oxygen atoms in total. The number of thiazole rings is 1. The second-order valence-corrected chi connectivity index (χ2v) is 12.3. The highest BCUT2D eigenvalue weighted by Crippen LogP contribution is 2.32. The van der Waals surface area contributed by atoms with Crippen molar-refractivity contribution < 1.29 is 23.6 Å². The lowest BCUT2D eigenvalue weighted by Gasteiger charge is -2.46. The number of anilines is 2. The molecule has 4 aromatic rings. The zero-order valence-corrected chi connectivity index (χ0v) is 26.2. The lowest BCUT2D eigenvalue weighted by Crippen LogP contribution is -2.66. The van der Waals surface area contributed by atoms with E-state index in [1.54, 1.807) is 57.3 Å². The maximum atomic E-state index is 14.2. The van der Waals surface area contributed by atoms with Gasteiger partial charge in [0.25, 0.3) is 0 Å². The van der Waals surface area contributed by atoms with Crippen LogP contribution in [0.5, 0.6) is 0 Å². The number of carbonyl (C=O) groups is 4. The largest absolute Gasteiger partial charge is 0.375 e. The van der Waals surface area contributed by atoms with Gasteiger partial charge in [-0.25, -0.2) is 14.2 Å². The van der Waals surface area contributed by atoms with E-state index in [1.165, 1.54) is 28.5 Å². The Labute approximate surface area is 274 Å². The van der Waals surface area contributed by atoms with E-state index in [1.807, 2.05) is 18.2 Å². The Balaban J connectivity index is 1.31. The molecule has 6 rings (SSSR count). The summed E-state index contributed by atoms with van der Waals surface area (Å²) in [6, 6.07) is 17.3. The molecule has 3 aromatic carbocycles. The van der Waals surface area contributed by atoms with Gasteiger partial charge in [-0.1, -0.05) is 53.8 Å². The van der Waals surface area contributed by atoms with Crippen molar-refractivity contribution in [3.63, 3.8) is 0 Å². The van der Waals surface area contributed by atoms with Gasteiger partial charge in [-0.2, -0.15) is 5.01 Å². The Morgan fingerprint density at radius 1 is 1.11 bits per heavy atom. The zero-order chi connectivity index (χ0) is 33.1. The molecule has 2 aliphatic heterocycles. The Hall–Kier alpha value is -5.34. The molecule has 4 N–H and O–H groups in total. The number of aromatic nitrogens is 1. The summed E-state index contributed by atoms with van der Waals surface area (Å²) < 4.78 is 14.3. The van der Waals surface area contributed by atoms with E-state index in [4.69, 9.17) is 5.73 Å². The number of piperazine rings is 1. The Bertz CT molecular complexity index is 1820. The van der Waals surface area contributed by atoms with E-state index < -0.39 is 18.2 Å². The number of fused-ring (bicyclic) bond motifs is 2. The van der Waals surface area contributed by atoms with Gasteiger partial charge in [-0.15, -0.1) is 6.58 Å². The van der Waals surface area contributed by atoms with Crippen LogP contribution in [-0.4, -0.2) is 80.9 Å². The predicted molar refractivity (Wildman–Crippen MR) is 176 cm³/mol. The van der Waals surface area contributed by atoms with Gasteiger partial charge in [-0.3, -0.25) is 19.4 Å². The van der Waals surface area contributed by atoms with Crippen molar-refractivity contribution in [1.82, 2.24) is 30.1 Å². The highest BCUT2D eigenvalue weighted by atomic mass is 32.1. The molecule has 2 fully saturated rings. The third-order valence-electron chi connectivity index (χ3n) is 8.26. The summed E-state index contributed by atoms with van der Waals surface area (Å²) in [6.45, 7) is 4.30. The minimum absolute atomic E-state index is 0.105. The first-order valence-electron chi connectivity index (χ1n) is 15.0. The van der Waals surface area contributed by atoms with E-state index in [9.17, 15) is 23.6 Å². The number of halogens is 1. The van der Waals surface area contributed by atoms with Crippen molar-refractivity contribution in [3.8, 4) is 0 Å². The van der Waals surface area contributed by atoms with Gasteiger partial charge in [-0.05, 0) is 47.0 Å². The summed E-state index contributed by atoms with van der Waals surface area (Å²) in [4.78, 5) is 60.2. The predicted octanol–water partition coefficient (Wildman–Crippen LogP) is 3.32. The molecular formula is C33H33FN8O4S. The van der Waals surface area contributed by atoms with Gasteiger partial charge in [0.05, 0.1) is 29.9 Å². The van der Waals surface area contributed by atoms with Crippen molar-refractivity contribution >= 4 is 56.6 Å². The first kappa shape index (κ1) is 31.6. The first-order chi connectivity index (χ1) is 22.7. The van der Waals surface area contributed by atoms with Crippen LogP contribution < -0.4 is 16.4 Å². The molecule has 3 heterocycles. The Morgan fingerprint density at radius 2 is 1.85 bits per heavy atom. The van der Waals surface area contributed by atoms with Crippen molar-refractivity contribution in [2.45, 2.75) is 31.7 Å². The monoisotopic (exact) mass is 656 g/mol. The minimum Gasteiger partial charge on any atom is -0.375 e. The SMILES string of the molecule is C=CCN(C(=O)NCc1ccc(F)cc1)N1CC(=O)N2[C@@H](Cc3ccc(NC=O)cc3)C(=O)N(Cc3cccc4sc(N)nc34)C[C@@H]21. The number of carbonyl (C=O) groups excluding carboxylic acids is 4. The fourth-order valence-corrected chi connectivity index (χ4v) is 6.85. The second kappa shape index (κ2) is 13.6. The molecule has 2 saturated heterocycles. The maximum absolute atomic E-state index is 14.2. The lowest BCUT2D eigenvalue weighted by molar-refractivity contribution is -0.157. The molecule has 14 heteroatoms. The number of nitrogens with two attached hydrogens (primary N) is 1. The lowest BCUT2D eigenvalue weighted by atomic mass is 9.99. The smallest absolute Gasteiger partial charge is 0.332 e. The number of hydrogen-bond acceptors (Lipinski definition) is 8. The summed E-state index contributed by atoms with van der Waals surface area (Å²) in [5, 5.41) is 8.97. The molecule has 2 atom stereocenters. The van der Waals surface area contributed by atoms with E-state index in [2.05, 4.69) is 22.2 Å². The molecule has 0 bridgehead atoms. The minimum atomic E-state index is -0.858. The van der Waals surface area contributed by atoms with Gasteiger partial charge >= 0.3 is 6.03 Å². The number of nitrogens with one attached hydrogen (secondary N) is 2. The number of nitrogen functional groups attached to an aromatic ring is 1. The molecule has 1 aromatic heterocycles. The van der Waals surface area contributed by atoms with Crippen LogP contribution in [0, 0.1) is 5.82 Å². The molecule has 0 unspecified atom stereocenters. The third-order valence-corrected chi connectivity index (χ3v) is 9.11. The van der Waals surface area contributed by atoms with E-state index >= 15 is 0 Å². The van der Waals surface area contributed by atoms with Crippen molar-refractivity contribution in [1.29, 1.82) is 0 Å². The van der Waals surface area contributed by atoms with E-state index in [-0.39, 0.29) is 56.8 Å². The molecule has 0 saturated carbocycles. The van der Waals surface area contributed by atoms with Gasteiger partial charge in [0, 0.05) is 25.2 Å². The molecule has 5 amide bonds. The molecule has 0 radical (unpaired) electrons. The number of para-hydroxylation sites is 1. The summed E-state index contributed by atoms with van der Waals surface area (Å²) in [5.41, 5.74) is 9.64. The van der Waals surface area contributed by atoms with E-state index in [0.29, 0.717) is 28.3 Å². The van der Waals surface area contributed by atoms with Gasteiger partial charge in [0.2, 0.25) is 18.2 Å². The second-order valence-electron chi connectivity index (χ2n) is 11.2. The zero-order valence-electron chi connectivity index (χ0n) is 25.3. The normalized spacial score (nSPS) is 17.9. The number of benzene rings is 3. The van der Waals surface area contributed by atoms with Crippen LogP contribution in [0.1, 0.15) is 16.7 Å². The fraction of sp³-hybridized carbons (Fsp3) is 0.242. The summed E-state index contributed by atoms with van der Waals surface area (Å²) in [5.74, 6) is -0.900. The van der Waals surface area contributed by atoms with Crippen molar-refractivity contribution in [2.75, 3.05) is 30.7 Å². The van der Waals surface area contributed by atoms with Crippen LogP contribution in [0.3, 0.4) is 0 Å². The summed E-state index contributed by atoms with van der Waals surface area (Å²) in [7, 11) is 0. The van der Waals surface area contributed by atoms with Crippen LogP contribution in [-0.2, 0) is 33.9 Å². The number of hydrogen-bond donors (Lipinski definition) is 3. The molecule has 47 heavy (non-hydrogen) atoms. The van der Waals surface area contributed by atoms with Gasteiger partial charge in [0.15, 0.2) is 5.13 Å². The van der Waals surface area contributed by atoms with Crippen LogP contribution in [0.4, 0.5) is 20.0 Å². The maximum Gasteiger partial charge on any atom is 0.332 e. The van der Waals surface area contributed by atoms with Crippen LogP contribution in [0.2, 0.25) is 0 Å². The average Bonchev–Trinajstić information content (AvgIpc) is 3.61. The number of urea groups is 1. The third kappa shape index (κ3) is 6.64. The van der Waals surface area contributed by atoms with Crippen LogP contribution >= 0.6 is 11.3 Å². The van der Waals surface area contributed by atoms with E-state index in [0.717, 1.165) is 15.8 Å². The summed E-state index contributed by atoms with van der Waals surface area (Å²) >= 11 is 1.36. The van der Waals surface area contributed by atoms with Crippen LogP contribution in [0.15, 0.2) is 79.4 Å². The van der Waals surface area contributed by atoms with Crippen LogP contribution in [0.25, 0.3) is 10.2 Å².